The van der Waals surface area contributed by atoms with Crippen LogP contribution in [0.25, 0.3) is 0 Å². The molecule has 2 nitrogen and oxygen atoms in total. The molecule has 1 N–H and O–H groups in total. The lowest BCUT2D eigenvalue weighted by molar-refractivity contribution is 0.501. The maximum atomic E-state index is 6.07. The maximum Gasteiger partial charge on any atom is 0.131 e. The van der Waals surface area contributed by atoms with Crippen LogP contribution in [0.4, 0.5) is 5.69 Å². The fourth-order valence-electron chi connectivity index (χ4n) is 2.10. The average Bonchev–Trinajstić information content (AvgIpc) is 3.16. The first-order valence-electron chi connectivity index (χ1n) is 6.45. The van der Waals surface area contributed by atoms with Crippen LogP contribution in [0.5, 0.6) is 0 Å². The van der Waals surface area contributed by atoms with E-state index < -0.39 is 0 Å². The van der Waals surface area contributed by atoms with E-state index in [1.165, 1.54) is 4.90 Å². The van der Waals surface area contributed by atoms with E-state index in [2.05, 4.69) is 35.8 Å². The minimum absolute atomic E-state index is 0.0328. The van der Waals surface area contributed by atoms with Crippen molar-refractivity contribution in [2.24, 2.45) is 0 Å². The highest BCUT2D eigenvalue weighted by Crippen LogP contribution is 2.34. The van der Waals surface area contributed by atoms with E-state index in [-0.39, 0.29) is 6.04 Å². The van der Waals surface area contributed by atoms with Gasteiger partial charge in [-0.3, -0.25) is 0 Å². The first kappa shape index (κ1) is 14.6. The number of benzene rings is 1. The molecule has 0 bridgehead atoms. The van der Waals surface area contributed by atoms with Crippen LogP contribution in [0, 0.1) is 0 Å². The van der Waals surface area contributed by atoms with Crippen molar-refractivity contribution in [1.29, 1.82) is 0 Å². The van der Waals surface area contributed by atoms with Crippen molar-refractivity contribution >= 4 is 40.4 Å². The van der Waals surface area contributed by atoms with E-state index in [0.29, 0.717) is 0 Å². The van der Waals surface area contributed by atoms with Crippen LogP contribution in [0.2, 0.25) is 4.34 Å². The molecule has 0 fully saturated rings. The van der Waals surface area contributed by atoms with Crippen LogP contribution in [0.3, 0.4) is 0 Å². The molecule has 0 radical (unpaired) electrons. The van der Waals surface area contributed by atoms with Gasteiger partial charge in [-0.1, -0.05) is 17.7 Å². The van der Waals surface area contributed by atoms with Gasteiger partial charge in [0.05, 0.1) is 10.6 Å². The minimum atomic E-state index is -0.0328. The Hall–Kier alpha value is -1.36. The van der Waals surface area contributed by atoms with E-state index >= 15 is 0 Å². The molecule has 0 aliphatic carbocycles. The number of hydrogen-bond acceptors (Lipinski definition) is 4. The van der Waals surface area contributed by atoms with Gasteiger partial charge in [0.2, 0.25) is 0 Å². The fraction of sp³-hybridized carbons (Fsp3) is 0.125. The molecule has 0 spiro atoms. The number of thioether (sulfide) groups is 1. The Morgan fingerprint density at radius 3 is 2.76 bits per heavy atom. The van der Waals surface area contributed by atoms with Gasteiger partial charge in [-0.25, -0.2) is 0 Å². The van der Waals surface area contributed by atoms with E-state index in [1.54, 1.807) is 29.4 Å². The molecule has 3 rings (SSSR count). The standard InChI is InChI=1S/C16H14ClNOS2/c1-20-12-5-2-4-11(10-12)18-16(13-6-3-9-19-13)14-7-8-15(17)21-14/h2-10,16,18H,1H3. The van der Waals surface area contributed by atoms with Crippen molar-refractivity contribution in [2.75, 3.05) is 11.6 Å². The van der Waals surface area contributed by atoms with Crippen molar-refractivity contribution in [3.8, 4) is 0 Å². The summed E-state index contributed by atoms with van der Waals surface area (Å²) in [5.41, 5.74) is 1.06. The first-order valence-corrected chi connectivity index (χ1v) is 8.87. The molecule has 0 saturated carbocycles. The summed E-state index contributed by atoms with van der Waals surface area (Å²) in [5, 5.41) is 3.53. The molecular weight excluding hydrogens is 322 g/mol. The second kappa shape index (κ2) is 6.60. The zero-order chi connectivity index (χ0) is 14.7. The van der Waals surface area contributed by atoms with Crippen molar-refractivity contribution in [2.45, 2.75) is 10.9 Å². The topological polar surface area (TPSA) is 25.2 Å². The normalized spacial score (nSPS) is 12.3. The summed E-state index contributed by atoms with van der Waals surface area (Å²) in [6, 6.07) is 16.1. The third-order valence-corrected chi connectivity index (χ3v) is 5.11. The van der Waals surface area contributed by atoms with Crippen LogP contribution in [-0.2, 0) is 0 Å². The molecule has 0 aliphatic rings. The highest BCUT2D eigenvalue weighted by molar-refractivity contribution is 7.98. The smallest absolute Gasteiger partial charge is 0.131 e. The molecule has 21 heavy (non-hydrogen) atoms. The lowest BCUT2D eigenvalue weighted by atomic mass is 10.1. The largest absolute Gasteiger partial charge is 0.467 e. The Kier molecular flexibility index (Phi) is 4.58. The molecule has 5 heteroatoms. The number of furan rings is 1. The molecule has 1 unspecified atom stereocenters. The van der Waals surface area contributed by atoms with E-state index in [0.717, 1.165) is 20.7 Å². The molecular formula is C16H14ClNOS2. The highest BCUT2D eigenvalue weighted by Gasteiger charge is 2.19. The monoisotopic (exact) mass is 335 g/mol. The van der Waals surface area contributed by atoms with E-state index in [1.807, 2.05) is 24.3 Å². The number of rotatable bonds is 5. The van der Waals surface area contributed by atoms with Crippen molar-refractivity contribution in [3.63, 3.8) is 0 Å². The van der Waals surface area contributed by atoms with E-state index in [4.69, 9.17) is 16.0 Å². The molecule has 0 saturated heterocycles. The van der Waals surface area contributed by atoms with Gasteiger partial charge in [0.25, 0.3) is 0 Å². The lowest BCUT2D eigenvalue weighted by Gasteiger charge is -2.17. The average molecular weight is 336 g/mol. The van der Waals surface area contributed by atoms with Crippen LogP contribution in [0.1, 0.15) is 16.7 Å². The van der Waals surface area contributed by atoms with Gasteiger partial charge in [-0.15, -0.1) is 23.1 Å². The van der Waals surface area contributed by atoms with Gasteiger partial charge < -0.3 is 9.73 Å². The maximum absolute atomic E-state index is 6.07. The second-order valence-electron chi connectivity index (χ2n) is 4.47. The van der Waals surface area contributed by atoms with Crippen LogP contribution in [0.15, 0.2) is 64.1 Å². The number of hydrogen-bond donors (Lipinski definition) is 1. The van der Waals surface area contributed by atoms with Crippen molar-refractivity contribution in [3.05, 3.63) is 69.8 Å². The quantitative estimate of drug-likeness (QED) is 0.586. The summed E-state index contributed by atoms with van der Waals surface area (Å²) in [6.07, 6.45) is 3.76. The van der Waals surface area contributed by atoms with Gasteiger partial charge in [0, 0.05) is 15.5 Å². The third-order valence-electron chi connectivity index (χ3n) is 3.09. The Morgan fingerprint density at radius 1 is 1.19 bits per heavy atom. The molecule has 2 heterocycles. The summed E-state index contributed by atoms with van der Waals surface area (Å²) in [5.74, 6) is 0.878. The van der Waals surface area contributed by atoms with Crippen molar-refractivity contribution in [1.82, 2.24) is 0 Å². The molecule has 108 valence electrons. The van der Waals surface area contributed by atoms with Gasteiger partial charge in [-0.2, -0.15) is 0 Å². The summed E-state index contributed by atoms with van der Waals surface area (Å²) in [4.78, 5) is 2.35. The van der Waals surface area contributed by atoms with Gasteiger partial charge in [-0.05, 0) is 48.7 Å². The first-order chi connectivity index (χ1) is 10.3. The fourth-order valence-corrected chi connectivity index (χ4v) is 3.68. The summed E-state index contributed by atoms with van der Waals surface area (Å²) >= 11 is 9.36. The number of nitrogens with one attached hydrogen (secondary N) is 1. The number of thiophene rings is 1. The molecule has 2 aromatic heterocycles. The summed E-state index contributed by atoms with van der Waals surface area (Å²) in [6.45, 7) is 0. The SMILES string of the molecule is CSc1cccc(NC(c2ccco2)c2ccc(Cl)s2)c1. The Morgan fingerprint density at radius 2 is 2.10 bits per heavy atom. The minimum Gasteiger partial charge on any atom is -0.467 e. The third kappa shape index (κ3) is 3.46. The summed E-state index contributed by atoms with van der Waals surface area (Å²) < 4.78 is 6.36. The predicted octanol–water partition coefficient (Wildman–Crippen LogP) is 5.92. The van der Waals surface area contributed by atoms with Crippen LogP contribution >= 0.6 is 34.7 Å². The highest BCUT2D eigenvalue weighted by atomic mass is 35.5. The van der Waals surface area contributed by atoms with Gasteiger partial charge in [0.15, 0.2) is 0 Å². The Labute approximate surface area is 137 Å². The lowest BCUT2D eigenvalue weighted by Crippen LogP contribution is -2.10. The van der Waals surface area contributed by atoms with Crippen LogP contribution < -0.4 is 5.32 Å². The number of anilines is 1. The zero-order valence-electron chi connectivity index (χ0n) is 11.4. The van der Waals surface area contributed by atoms with Gasteiger partial charge in [0.1, 0.15) is 11.8 Å². The Bertz CT molecular complexity index is 709. The Balaban J connectivity index is 1.92. The molecule has 1 atom stereocenters. The van der Waals surface area contributed by atoms with Crippen LogP contribution in [-0.4, -0.2) is 6.26 Å². The van der Waals surface area contributed by atoms with Crippen molar-refractivity contribution < 1.29 is 4.42 Å². The van der Waals surface area contributed by atoms with E-state index in [9.17, 15) is 0 Å². The molecule has 0 aliphatic heterocycles. The zero-order valence-corrected chi connectivity index (χ0v) is 13.8. The van der Waals surface area contributed by atoms with Gasteiger partial charge >= 0.3 is 0 Å². The molecule has 3 aromatic rings. The second-order valence-corrected chi connectivity index (χ2v) is 7.09. The predicted molar refractivity (Wildman–Crippen MR) is 91.7 cm³/mol. The summed E-state index contributed by atoms with van der Waals surface area (Å²) in [7, 11) is 0. The molecule has 1 aromatic carbocycles. The molecule has 0 amide bonds. The number of halogens is 1.